The number of alkyl halides is 2. The number of hydrogen-bond donors (Lipinski definition) is 0. The maximum absolute atomic E-state index is 13.0. The van der Waals surface area contributed by atoms with Crippen molar-refractivity contribution in [2.24, 2.45) is 17.8 Å². The number of nitriles is 1. The van der Waals surface area contributed by atoms with Crippen molar-refractivity contribution in [3.05, 3.63) is 23.9 Å². The molecule has 3 heterocycles. The van der Waals surface area contributed by atoms with Crippen LogP contribution in [-0.4, -0.2) is 47.9 Å². The molecular formula is C17H18F2N4O. The normalized spacial score (nSPS) is 28.4. The summed E-state index contributed by atoms with van der Waals surface area (Å²) in [4.78, 5) is 20.6. The first kappa shape index (κ1) is 15.3. The number of amides is 1. The molecule has 0 spiro atoms. The van der Waals surface area contributed by atoms with Gasteiger partial charge in [0.15, 0.2) is 0 Å². The molecule has 1 aliphatic carbocycles. The fourth-order valence-electron chi connectivity index (χ4n) is 4.09. The maximum atomic E-state index is 13.0. The average molecular weight is 332 g/mol. The number of hydrogen-bond acceptors (Lipinski definition) is 4. The summed E-state index contributed by atoms with van der Waals surface area (Å²) in [6.07, 6.45) is 0.980. The molecule has 2 aliphatic heterocycles. The molecule has 24 heavy (non-hydrogen) atoms. The van der Waals surface area contributed by atoms with Crippen LogP contribution >= 0.6 is 0 Å². The average Bonchev–Trinajstić information content (AvgIpc) is 3.10. The van der Waals surface area contributed by atoms with E-state index in [4.69, 9.17) is 5.26 Å². The predicted molar refractivity (Wildman–Crippen MR) is 82.4 cm³/mol. The van der Waals surface area contributed by atoms with Gasteiger partial charge >= 0.3 is 0 Å². The third kappa shape index (κ3) is 2.60. The molecule has 0 radical (unpaired) electrons. The lowest BCUT2D eigenvalue weighted by Crippen LogP contribution is -2.46. The van der Waals surface area contributed by atoms with Gasteiger partial charge in [-0.15, -0.1) is 0 Å². The second-order valence-electron chi connectivity index (χ2n) is 7.15. The van der Waals surface area contributed by atoms with Crippen LogP contribution in [0.5, 0.6) is 0 Å². The molecule has 7 heteroatoms. The zero-order valence-corrected chi connectivity index (χ0v) is 13.2. The lowest BCUT2D eigenvalue weighted by molar-refractivity contribution is -0.159. The Morgan fingerprint density at radius 1 is 1.21 bits per heavy atom. The Hall–Kier alpha value is -2.23. The Morgan fingerprint density at radius 2 is 1.88 bits per heavy atom. The van der Waals surface area contributed by atoms with E-state index < -0.39 is 11.8 Å². The van der Waals surface area contributed by atoms with Gasteiger partial charge in [-0.3, -0.25) is 4.79 Å². The molecule has 2 unspecified atom stereocenters. The molecule has 5 nitrogen and oxygen atoms in total. The van der Waals surface area contributed by atoms with Crippen molar-refractivity contribution in [1.82, 2.24) is 9.88 Å². The van der Waals surface area contributed by atoms with Crippen LogP contribution in [0, 0.1) is 29.1 Å². The summed E-state index contributed by atoms with van der Waals surface area (Å²) in [5.74, 6) is -1.65. The molecule has 3 aliphatic rings. The summed E-state index contributed by atoms with van der Waals surface area (Å²) in [6.45, 7) is 2.93. The minimum atomic E-state index is -2.64. The minimum Gasteiger partial charge on any atom is -0.356 e. The number of halogens is 2. The topological polar surface area (TPSA) is 60.2 Å². The van der Waals surface area contributed by atoms with E-state index in [9.17, 15) is 13.6 Å². The van der Waals surface area contributed by atoms with Crippen LogP contribution in [0.1, 0.15) is 18.4 Å². The summed E-state index contributed by atoms with van der Waals surface area (Å²) < 4.78 is 25.9. The molecule has 1 aromatic heterocycles. The quantitative estimate of drug-likeness (QED) is 0.830. The number of likely N-dealkylation sites (tertiary alicyclic amines) is 1. The van der Waals surface area contributed by atoms with Crippen LogP contribution < -0.4 is 4.90 Å². The van der Waals surface area contributed by atoms with Gasteiger partial charge in [-0.1, -0.05) is 0 Å². The van der Waals surface area contributed by atoms with Crippen molar-refractivity contribution in [1.29, 1.82) is 5.26 Å². The van der Waals surface area contributed by atoms with E-state index in [1.54, 1.807) is 17.2 Å². The van der Waals surface area contributed by atoms with Crippen LogP contribution in [-0.2, 0) is 4.79 Å². The van der Waals surface area contributed by atoms with Crippen LogP contribution in [0.25, 0.3) is 0 Å². The number of anilines is 1. The highest BCUT2D eigenvalue weighted by Crippen LogP contribution is 2.44. The third-order valence-corrected chi connectivity index (χ3v) is 5.44. The van der Waals surface area contributed by atoms with Gasteiger partial charge in [0.25, 0.3) is 0 Å². The number of rotatable bonds is 2. The smallest absolute Gasteiger partial charge is 0.249 e. The molecule has 3 fully saturated rings. The Bertz CT molecular complexity index is 678. The molecule has 2 atom stereocenters. The van der Waals surface area contributed by atoms with Crippen molar-refractivity contribution in [2.45, 2.75) is 18.8 Å². The molecule has 126 valence electrons. The van der Waals surface area contributed by atoms with Crippen LogP contribution in [0.3, 0.4) is 0 Å². The molecule has 4 rings (SSSR count). The lowest BCUT2D eigenvalue weighted by Gasteiger charge is -2.36. The summed E-state index contributed by atoms with van der Waals surface area (Å²) >= 11 is 0. The highest BCUT2D eigenvalue weighted by molar-refractivity contribution is 5.80. The molecule has 0 N–H and O–H groups in total. The number of carbonyl (C=O) groups excluding carboxylic acids is 1. The molecule has 0 aromatic carbocycles. The van der Waals surface area contributed by atoms with E-state index in [1.165, 1.54) is 0 Å². The van der Waals surface area contributed by atoms with Crippen LogP contribution in [0.4, 0.5) is 14.6 Å². The number of fused-ring (bicyclic) bond motifs is 1. The maximum Gasteiger partial charge on any atom is 0.249 e. The van der Waals surface area contributed by atoms with Crippen molar-refractivity contribution in [3.63, 3.8) is 0 Å². The van der Waals surface area contributed by atoms with Crippen LogP contribution in [0.2, 0.25) is 0 Å². The highest BCUT2D eigenvalue weighted by atomic mass is 19.3. The summed E-state index contributed by atoms with van der Waals surface area (Å²) in [5, 5.41) is 8.82. The fraction of sp³-hybridized carbons (Fsp3) is 0.588. The number of carbonyl (C=O) groups is 1. The standard InChI is InChI=1S/C17H18F2N4O/c18-17(19)3-12(4-17)16(24)23-9-13-7-22(8-14(13)10-23)15-2-1-11(5-20)6-21-15/h1-2,6,12-14H,3-4,7-10H2. The minimum absolute atomic E-state index is 0.0987. The van der Waals surface area contributed by atoms with Crippen molar-refractivity contribution < 1.29 is 13.6 Å². The monoisotopic (exact) mass is 332 g/mol. The Balaban J connectivity index is 1.35. The number of pyridine rings is 1. The van der Waals surface area contributed by atoms with Crippen molar-refractivity contribution in [2.75, 3.05) is 31.1 Å². The third-order valence-electron chi connectivity index (χ3n) is 5.44. The second-order valence-corrected chi connectivity index (χ2v) is 7.15. The largest absolute Gasteiger partial charge is 0.356 e. The molecular weight excluding hydrogens is 314 g/mol. The summed E-state index contributed by atoms with van der Waals surface area (Å²) in [5.41, 5.74) is 0.534. The number of nitrogens with zero attached hydrogens (tertiary/aromatic N) is 4. The summed E-state index contributed by atoms with van der Waals surface area (Å²) in [6, 6.07) is 5.65. The first-order chi connectivity index (χ1) is 11.4. The van der Waals surface area contributed by atoms with Gasteiger partial charge in [-0.05, 0) is 12.1 Å². The van der Waals surface area contributed by atoms with Gasteiger partial charge < -0.3 is 9.80 Å². The van der Waals surface area contributed by atoms with Gasteiger partial charge in [0.05, 0.1) is 5.56 Å². The van der Waals surface area contributed by atoms with Gasteiger partial charge in [0.1, 0.15) is 11.9 Å². The van der Waals surface area contributed by atoms with Crippen LogP contribution in [0.15, 0.2) is 18.3 Å². The summed E-state index contributed by atoms with van der Waals surface area (Å²) in [7, 11) is 0. The zero-order valence-electron chi connectivity index (χ0n) is 13.2. The predicted octanol–water partition coefficient (Wildman–Crippen LogP) is 1.89. The zero-order chi connectivity index (χ0) is 16.9. The lowest BCUT2D eigenvalue weighted by atomic mass is 9.80. The highest BCUT2D eigenvalue weighted by Gasteiger charge is 2.51. The molecule has 2 saturated heterocycles. The first-order valence-corrected chi connectivity index (χ1v) is 8.23. The Labute approximate surface area is 138 Å². The van der Waals surface area contributed by atoms with Crippen molar-refractivity contribution >= 4 is 11.7 Å². The molecule has 1 aromatic rings. The van der Waals surface area contributed by atoms with E-state index in [1.807, 2.05) is 6.07 Å². The van der Waals surface area contributed by atoms with E-state index >= 15 is 0 Å². The van der Waals surface area contributed by atoms with Gasteiger partial charge in [-0.2, -0.15) is 5.26 Å². The SMILES string of the molecule is N#Cc1ccc(N2CC3CN(C(=O)C4CC(F)(F)C4)CC3C2)nc1. The second kappa shape index (κ2) is 5.40. The fourth-order valence-corrected chi connectivity index (χ4v) is 4.09. The first-order valence-electron chi connectivity index (χ1n) is 8.23. The van der Waals surface area contributed by atoms with Crippen molar-refractivity contribution in [3.8, 4) is 6.07 Å². The number of aromatic nitrogens is 1. The Morgan fingerprint density at radius 3 is 2.38 bits per heavy atom. The van der Waals surface area contributed by atoms with Gasteiger partial charge in [0.2, 0.25) is 11.8 Å². The van der Waals surface area contributed by atoms with E-state index in [0.29, 0.717) is 30.5 Å². The molecule has 0 bridgehead atoms. The van der Waals surface area contributed by atoms with E-state index in [-0.39, 0.29) is 18.7 Å². The van der Waals surface area contributed by atoms with Gasteiger partial charge in [-0.25, -0.2) is 13.8 Å². The van der Waals surface area contributed by atoms with E-state index in [0.717, 1.165) is 18.9 Å². The van der Waals surface area contributed by atoms with E-state index in [2.05, 4.69) is 16.0 Å². The Kier molecular flexibility index (Phi) is 3.44. The van der Waals surface area contributed by atoms with Gasteiger partial charge in [0, 0.05) is 63.0 Å². The molecule has 1 amide bonds. The molecule has 1 saturated carbocycles.